The molecular formula is C13H18N4O2. The minimum Gasteiger partial charge on any atom is -0.409 e. The van der Waals surface area contributed by atoms with Crippen LogP contribution in [0.2, 0.25) is 0 Å². The van der Waals surface area contributed by atoms with Crippen molar-refractivity contribution in [1.82, 2.24) is 9.88 Å². The molecule has 2 rings (SSSR count). The van der Waals surface area contributed by atoms with Gasteiger partial charge in [-0.1, -0.05) is 5.16 Å². The normalized spacial score (nSPS) is 17.5. The molecule has 1 aliphatic rings. The van der Waals surface area contributed by atoms with E-state index in [1.807, 2.05) is 13.0 Å². The van der Waals surface area contributed by atoms with Crippen molar-refractivity contribution in [2.24, 2.45) is 16.8 Å². The first-order valence-electron chi connectivity index (χ1n) is 6.30. The molecule has 1 saturated heterocycles. The lowest BCUT2D eigenvalue weighted by Gasteiger charge is -2.31. The van der Waals surface area contributed by atoms with Crippen molar-refractivity contribution in [2.75, 3.05) is 13.1 Å². The van der Waals surface area contributed by atoms with Gasteiger partial charge in [-0.3, -0.25) is 9.78 Å². The fourth-order valence-electron chi connectivity index (χ4n) is 2.31. The summed E-state index contributed by atoms with van der Waals surface area (Å²) in [5, 5.41) is 11.7. The number of aromatic nitrogens is 1. The summed E-state index contributed by atoms with van der Waals surface area (Å²) in [4.78, 5) is 18.1. The van der Waals surface area contributed by atoms with Crippen LogP contribution in [-0.4, -0.2) is 39.9 Å². The molecule has 0 atom stereocenters. The maximum Gasteiger partial charge on any atom is 0.255 e. The van der Waals surface area contributed by atoms with Gasteiger partial charge in [0.25, 0.3) is 5.91 Å². The summed E-state index contributed by atoms with van der Waals surface area (Å²) in [7, 11) is 0. The smallest absolute Gasteiger partial charge is 0.255 e. The monoisotopic (exact) mass is 262 g/mol. The van der Waals surface area contributed by atoms with Gasteiger partial charge < -0.3 is 15.8 Å². The van der Waals surface area contributed by atoms with Gasteiger partial charge in [-0.15, -0.1) is 0 Å². The molecule has 1 aliphatic heterocycles. The number of amidine groups is 1. The molecule has 1 amide bonds. The quantitative estimate of drug-likeness (QED) is 0.360. The Morgan fingerprint density at radius 2 is 2.16 bits per heavy atom. The third-order valence-corrected chi connectivity index (χ3v) is 3.44. The summed E-state index contributed by atoms with van der Waals surface area (Å²) in [6.45, 7) is 3.15. The summed E-state index contributed by atoms with van der Waals surface area (Å²) < 4.78 is 0. The second-order valence-electron chi connectivity index (χ2n) is 4.84. The van der Waals surface area contributed by atoms with E-state index in [4.69, 9.17) is 10.9 Å². The average Bonchev–Trinajstić information content (AvgIpc) is 2.46. The van der Waals surface area contributed by atoms with Gasteiger partial charge in [-0.2, -0.15) is 0 Å². The Labute approximate surface area is 111 Å². The van der Waals surface area contributed by atoms with E-state index >= 15 is 0 Å². The van der Waals surface area contributed by atoms with Crippen LogP contribution in [0.15, 0.2) is 23.6 Å². The third-order valence-electron chi connectivity index (χ3n) is 3.44. The molecule has 0 bridgehead atoms. The standard InChI is InChI=1S/C13H18N4O2/c1-9-6-11(8-15-7-9)13(18)17-4-2-10(3-5-17)12(14)16-19/h6-8,10,19H,2-5H2,1H3,(H2,14,16). The summed E-state index contributed by atoms with van der Waals surface area (Å²) in [6.07, 6.45) is 4.76. The first kappa shape index (κ1) is 13.3. The molecule has 1 aromatic rings. The summed E-state index contributed by atoms with van der Waals surface area (Å²) in [5.74, 6) is 0.308. The molecule has 0 saturated carbocycles. The van der Waals surface area contributed by atoms with Gasteiger partial charge in [0.2, 0.25) is 0 Å². The van der Waals surface area contributed by atoms with Crippen LogP contribution in [0.3, 0.4) is 0 Å². The van der Waals surface area contributed by atoms with E-state index < -0.39 is 0 Å². The molecule has 0 radical (unpaired) electrons. The minimum atomic E-state index is -0.00541. The number of pyridine rings is 1. The van der Waals surface area contributed by atoms with Crippen LogP contribution in [-0.2, 0) is 0 Å². The highest BCUT2D eigenvalue weighted by Crippen LogP contribution is 2.19. The average molecular weight is 262 g/mol. The van der Waals surface area contributed by atoms with Crippen LogP contribution in [0.4, 0.5) is 0 Å². The highest BCUT2D eigenvalue weighted by molar-refractivity contribution is 5.94. The van der Waals surface area contributed by atoms with Gasteiger partial charge in [0.1, 0.15) is 5.84 Å². The highest BCUT2D eigenvalue weighted by Gasteiger charge is 2.25. The van der Waals surface area contributed by atoms with Gasteiger partial charge in [0.15, 0.2) is 0 Å². The molecule has 0 aromatic carbocycles. The van der Waals surface area contributed by atoms with Crippen molar-refractivity contribution in [3.63, 3.8) is 0 Å². The van der Waals surface area contributed by atoms with E-state index in [0.717, 1.165) is 18.4 Å². The molecule has 0 spiro atoms. The lowest BCUT2D eigenvalue weighted by atomic mass is 9.95. The van der Waals surface area contributed by atoms with E-state index in [-0.39, 0.29) is 17.7 Å². The SMILES string of the molecule is Cc1cncc(C(=O)N2CCC(C(N)=NO)CC2)c1. The lowest BCUT2D eigenvalue weighted by molar-refractivity contribution is 0.0708. The molecule has 6 nitrogen and oxygen atoms in total. The Morgan fingerprint density at radius 1 is 1.47 bits per heavy atom. The maximum absolute atomic E-state index is 12.3. The van der Waals surface area contributed by atoms with E-state index in [1.165, 1.54) is 0 Å². The van der Waals surface area contributed by atoms with Gasteiger partial charge in [-0.25, -0.2) is 0 Å². The zero-order chi connectivity index (χ0) is 13.8. The summed E-state index contributed by atoms with van der Waals surface area (Å²) in [5.41, 5.74) is 7.17. The zero-order valence-corrected chi connectivity index (χ0v) is 10.9. The molecule has 102 valence electrons. The molecule has 3 N–H and O–H groups in total. The third kappa shape index (κ3) is 3.01. The number of amides is 1. The molecule has 0 aliphatic carbocycles. The predicted octanol–water partition coefficient (Wildman–Crippen LogP) is 0.989. The first-order valence-corrected chi connectivity index (χ1v) is 6.30. The van der Waals surface area contributed by atoms with Crippen molar-refractivity contribution in [3.05, 3.63) is 29.6 Å². The number of hydrogen-bond acceptors (Lipinski definition) is 4. The Kier molecular flexibility index (Phi) is 3.99. The Morgan fingerprint density at radius 3 is 2.74 bits per heavy atom. The van der Waals surface area contributed by atoms with Crippen LogP contribution in [0.1, 0.15) is 28.8 Å². The number of aryl methyl sites for hydroxylation is 1. The fraction of sp³-hybridized carbons (Fsp3) is 0.462. The van der Waals surface area contributed by atoms with Crippen LogP contribution in [0.5, 0.6) is 0 Å². The Balaban J connectivity index is 2.00. The molecule has 1 fully saturated rings. The predicted molar refractivity (Wildman–Crippen MR) is 71.0 cm³/mol. The first-order chi connectivity index (χ1) is 9.11. The van der Waals surface area contributed by atoms with Crippen LogP contribution >= 0.6 is 0 Å². The van der Waals surface area contributed by atoms with E-state index in [2.05, 4.69) is 10.1 Å². The number of hydrogen-bond donors (Lipinski definition) is 2. The minimum absolute atomic E-state index is 0.00541. The number of carbonyl (C=O) groups is 1. The molecule has 0 unspecified atom stereocenters. The Bertz CT molecular complexity index is 493. The van der Waals surface area contributed by atoms with Gasteiger partial charge in [0, 0.05) is 31.4 Å². The van der Waals surface area contributed by atoms with Crippen LogP contribution in [0.25, 0.3) is 0 Å². The van der Waals surface area contributed by atoms with Crippen molar-refractivity contribution in [1.29, 1.82) is 0 Å². The van der Waals surface area contributed by atoms with Crippen LogP contribution in [0, 0.1) is 12.8 Å². The largest absolute Gasteiger partial charge is 0.409 e. The number of rotatable bonds is 2. The molecule has 6 heteroatoms. The highest BCUT2D eigenvalue weighted by atomic mass is 16.4. The van der Waals surface area contributed by atoms with Gasteiger partial charge >= 0.3 is 0 Å². The number of nitrogens with zero attached hydrogens (tertiary/aromatic N) is 3. The zero-order valence-electron chi connectivity index (χ0n) is 10.9. The molecule has 2 heterocycles. The van der Waals surface area contributed by atoms with E-state index in [9.17, 15) is 4.79 Å². The van der Waals surface area contributed by atoms with Crippen molar-refractivity contribution in [2.45, 2.75) is 19.8 Å². The second-order valence-corrected chi connectivity index (χ2v) is 4.84. The van der Waals surface area contributed by atoms with Crippen LogP contribution < -0.4 is 5.73 Å². The Hall–Kier alpha value is -2.11. The van der Waals surface area contributed by atoms with Gasteiger partial charge in [0.05, 0.1) is 5.56 Å². The number of nitrogens with two attached hydrogens (primary N) is 1. The van der Waals surface area contributed by atoms with Gasteiger partial charge in [-0.05, 0) is 31.4 Å². The number of likely N-dealkylation sites (tertiary alicyclic amines) is 1. The number of carbonyl (C=O) groups excluding carboxylic acids is 1. The molecule has 1 aromatic heterocycles. The van der Waals surface area contributed by atoms with E-state index in [1.54, 1.807) is 17.3 Å². The number of piperidine rings is 1. The van der Waals surface area contributed by atoms with Crippen molar-refractivity contribution < 1.29 is 10.0 Å². The second kappa shape index (κ2) is 5.69. The number of oxime groups is 1. The lowest BCUT2D eigenvalue weighted by Crippen LogP contribution is -2.41. The topological polar surface area (TPSA) is 91.8 Å². The summed E-state index contributed by atoms with van der Waals surface area (Å²) in [6, 6.07) is 1.84. The maximum atomic E-state index is 12.3. The van der Waals surface area contributed by atoms with E-state index in [0.29, 0.717) is 18.7 Å². The van der Waals surface area contributed by atoms with Crippen molar-refractivity contribution >= 4 is 11.7 Å². The summed E-state index contributed by atoms with van der Waals surface area (Å²) >= 11 is 0. The van der Waals surface area contributed by atoms with Crippen molar-refractivity contribution in [3.8, 4) is 0 Å². The molecule has 19 heavy (non-hydrogen) atoms. The fourth-order valence-corrected chi connectivity index (χ4v) is 2.31. The molecular weight excluding hydrogens is 244 g/mol.